The van der Waals surface area contributed by atoms with Gasteiger partial charge in [0, 0.05) is 18.0 Å². The molecule has 3 rings (SSSR count). The molecule has 0 saturated carbocycles. The van der Waals surface area contributed by atoms with Crippen molar-refractivity contribution >= 4 is 64.2 Å². The number of ether oxygens (including phenoxy) is 3. The number of nitrogens with zero attached hydrogens (tertiary/aromatic N) is 1. The maximum Gasteiger partial charge on any atom is 0.573 e. The lowest BCUT2D eigenvalue weighted by Gasteiger charge is -2.26. The van der Waals surface area contributed by atoms with Gasteiger partial charge in [0.15, 0.2) is 17.2 Å². The monoisotopic (exact) mass is 613 g/mol. The summed E-state index contributed by atoms with van der Waals surface area (Å²) in [6, 6.07) is 4.05. The van der Waals surface area contributed by atoms with Gasteiger partial charge >= 0.3 is 6.36 Å². The van der Waals surface area contributed by atoms with Gasteiger partial charge in [-0.05, 0) is 29.6 Å². The Morgan fingerprint density at radius 3 is 2.20 bits per heavy atom. The molecule has 6 radical (unpaired) electrons. The summed E-state index contributed by atoms with van der Waals surface area (Å²) >= 11 is 12.0. The fraction of sp³-hybridized carbons (Fsp3) is 0.136. The molecule has 3 N–H and O–H groups in total. The highest BCUT2D eigenvalue weighted by atomic mass is 35.5. The number of amides is 2. The number of pyridine rings is 1. The molecule has 8 nitrogen and oxygen atoms in total. The zero-order valence-corrected chi connectivity index (χ0v) is 21.4. The summed E-state index contributed by atoms with van der Waals surface area (Å²) in [7, 11) is 15.9. The van der Waals surface area contributed by atoms with Crippen molar-refractivity contribution in [2.75, 3.05) is 5.32 Å². The molecule has 2 aromatic carbocycles. The number of aromatic nitrogens is 1. The van der Waals surface area contributed by atoms with Crippen molar-refractivity contribution in [2.45, 2.75) is 18.1 Å². The van der Waals surface area contributed by atoms with Crippen molar-refractivity contribution in [3.05, 3.63) is 69.2 Å². The first-order chi connectivity index (χ1) is 18.9. The van der Waals surface area contributed by atoms with Gasteiger partial charge < -0.3 is 25.3 Å². The van der Waals surface area contributed by atoms with Crippen molar-refractivity contribution in [3.8, 4) is 23.0 Å². The molecule has 0 bridgehead atoms. The second kappa shape index (κ2) is 12.0. The van der Waals surface area contributed by atoms with Crippen LogP contribution < -0.4 is 25.3 Å². The van der Waals surface area contributed by atoms with Crippen molar-refractivity contribution in [3.63, 3.8) is 0 Å². The van der Waals surface area contributed by atoms with Crippen molar-refractivity contribution in [1.82, 2.24) is 4.98 Å². The molecule has 0 aliphatic rings. The number of nitrogens with two attached hydrogens (primary N) is 1. The lowest BCUT2D eigenvalue weighted by atomic mass is 9.52. The number of halogens is 8. The van der Waals surface area contributed by atoms with Crippen LogP contribution in [0.2, 0.25) is 10.0 Å². The largest absolute Gasteiger partial charge is 0.573 e. The van der Waals surface area contributed by atoms with Crippen LogP contribution in [-0.4, -0.2) is 52.0 Å². The van der Waals surface area contributed by atoms with Crippen molar-refractivity contribution in [1.29, 1.82) is 0 Å². The molecule has 1 aromatic heterocycles. The standard InChI is InChI=1S/C22H10B3Cl2F6N3O5/c23-21(24,25)41-17-11(2-1-10(16(17)28)40-22(31,32)33)39-12-6-8(26)13(18(29)30)15(27)14(12)20(38)36-7-3-4-35-9(5-7)19(34)37/h1-6,18H,(H2,34,37)(H,35,36,38). The summed E-state index contributed by atoms with van der Waals surface area (Å²) in [5.41, 5.74) is 2.96. The third-order valence-corrected chi connectivity index (χ3v) is 5.39. The Kier molecular flexibility index (Phi) is 9.33. The van der Waals surface area contributed by atoms with E-state index in [2.05, 4.69) is 15.0 Å². The molecule has 3 aromatic rings. The average molecular weight is 614 g/mol. The number of carbonyl (C=O) groups is 2. The van der Waals surface area contributed by atoms with Gasteiger partial charge in [-0.3, -0.25) is 14.6 Å². The van der Waals surface area contributed by atoms with E-state index in [4.69, 9.17) is 61.9 Å². The van der Waals surface area contributed by atoms with Crippen LogP contribution in [0.15, 0.2) is 36.5 Å². The number of rotatable bonds is 9. The van der Waals surface area contributed by atoms with Gasteiger partial charge in [0.1, 0.15) is 40.5 Å². The number of nitrogens with one attached hydrogen (secondary N) is 1. The van der Waals surface area contributed by atoms with Crippen LogP contribution >= 0.6 is 23.2 Å². The molecule has 0 spiro atoms. The van der Waals surface area contributed by atoms with Crippen LogP contribution in [-0.2, 0) is 0 Å². The summed E-state index contributed by atoms with van der Waals surface area (Å²) in [5, 5.41) is -2.08. The predicted molar refractivity (Wildman–Crippen MR) is 136 cm³/mol. The first kappa shape index (κ1) is 31.8. The molecule has 2 amide bonds. The maximum atomic E-state index is 15.0. The Morgan fingerprint density at radius 2 is 1.63 bits per heavy atom. The van der Waals surface area contributed by atoms with E-state index in [1.165, 1.54) is 6.07 Å². The van der Waals surface area contributed by atoms with Crippen molar-refractivity contribution in [2.24, 2.45) is 5.73 Å². The zero-order valence-electron chi connectivity index (χ0n) is 19.9. The summed E-state index contributed by atoms with van der Waals surface area (Å²) in [6.07, 6.45) is -7.55. The number of carbonyl (C=O) groups excluding carboxylic acids is 2. The Bertz CT molecular complexity index is 1510. The van der Waals surface area contributed by atoms with Gasteiger partial charge in [-0.15, -0.1) is 13.2 Å². The number of anilines is 1. The fourth-order valence-corrected chi connectivity index (χ4v) is 3.82. The van der Waals surface area contributed by atoms with Gasteiger partial charge in [-0.1, -0.05) is 23.2 Å². The lowest BCUT2D eigenvalue weighted by molar-refractivity contribution is -0.275. The average Bonchev–Trinajstić information content (AvgIpc) is 2.81. The number of primary amides is 1. The van der Waals surface area contributed by atoms with E-state index < -0.39 is 79.9 Å². The summed E-state index contributed by atoms with van der Waals surface area (Å²) in [5.74, 6) is -8.25. The van der Waals surface area contributed by atoms with Gasteiger partial charge in [-0.25, -0.2) is 8.78 Å². The van der Waals surface area contributed by atoms with Gasteiger partial charge in [-0.2, -0.15) is 4.39 Å². The second-order valence-electron chi connectivity index (χ2n) is 7.82. The van der Waals surface area contributed by atoms with Gasteiger partial charge in [0.2, 0.25) is 5.82 Å². The fourth-order valence-electron chi connectivity index (χ4n) is 3.14. The van der Waals surface area contributed by atoms with E-state index in [1.807, 2.05) is 0 Å². The van der Waals surface area contributed by atoms with Crippen LogP contribution in [0.3, 0.4) is 0 Å². The molecule has 0 aliphatic carbocycles. The molecule has 0 atom stereocenters. The van der Waals surface area contributed by atoms with Crippen LogP contribution in [0.5, 0.6) is 23.0 Å². The first-order valence-corrected chi connectivity index (χ1v) is 11.3. The lowest BCUT2D eigenvalue weighted by Crippen LogP contribution is -2.38. The number of benzene rings is 2. The van der Waals surface area contributed by atoms with Crippen LogP contribution in [0.25, 0.3) is 0 Å². The molecule has 0 fully saturated rings. The van der Waals surface area contributed by atoms with E-state index in [1.54, 1.807) is 0 Å². The third-order valence-electron chi connectivity index (χ3n) is 4.68. The number of hydrogen-bond acceptors (Lipinski definition) is 6. The molecule has 41 heavy (non-hydrogen) atoms. The van der Waals surface area contributed by atoms with Crippen LogP contribution in [0.4, 0.5) is 32.0 Å². The number of hydrogen-bond donors (Lipinski definition) is 2. The first-order valence-electron chi connectivity index (χ1n) is 10.6. The Labute approximate surface area is 240 Å². The molecule has 208 valence electrons. The van der Waals surface area contributed by atoms with E-state index in [-0.39, 0.29) is 11.4 Å². The molecular weight excluding hydrogens is 604 g/mol. The Morgan fingerprint density at radius 1 is 1.00 bits per heavy atom. The molecular formula is C22H10B3Cl2F6N3O5. The van der Waals surface area contributed by atoms with E-state index in [0.717, 1.165) is 12.3 Å². The minimum atomic E-state index is -5.34. The van der Waals surface area contributed by atoms with E-state index >= 15 is 4.39 Å². The summed E-state index contributed by atoms with van der Waals surface area (Å²) in [6.45, 7) is 0. The zero-order chi connectivity index (χ0) is 30.9. The quantitative estimate of drug-likeness (QED) is 0.260. The van der Waals surface area contributed by atoms with E-state index in [9.17, 15) is 31.5 Å². The molecule has 0 saturated heterocycles. The SMILES string of the molecule is [B]C([B])([B])Oc1c(Oc2cc(Cl)c(C(F)F)c(Cl)c2C(=O)Nc2ccnc(C(N)=O)c2)ccc(OC(F)(F)F)c1F. The summed E-state index contributed by atoms with van der Waals surface area (Å²) < 4.78 is 94.4. The molecule has 0 unspecified atom stereocenters. The van der Waals surface area contributed by atoms with Crippen LogP contribution in [0.1, 0.15) is 32.8 Å². The van der Waals surface area contributed by atoms with Gasteiger partial charge in [0.25, 0.3) is 18.2 Å². The molecule has 1 heterocycles. The number of alkyl halides is 5. The second-order valence-corrected chi connectivity index (χ2v) is 8.60. The highest BCUT2D eigenvalue weighted by Crippen LogP contribution is 2.46. The minimum Gasteiger partial charge on any atom is -0.510 e. The third kappa shape index (κ3) is 7.94. The minimum absolute atomic E-state index is 0.0998. The van der Waals surface area contributed by atoms with E-state index in [0.29, 0.717) is 18.2 Å². The smallest absolute Gasteiger partial charge is 0.510 e. The maximum absolute atomic E-state index is 15.0. The van der Waals surface area contributed by atoms with Crippen molar-refractivity contribution < 1.29 is 50.1 Å². The predicted octanol–water partition coefficient (Wildman–Crippen LogP) is 5.00. The molecule has 0 aliphatic heterocycles. The highest BCUT2D eigenvalue weighted by Gasteiger charge is 2.35. The normalized spacial score (nSPS) is 11.7. The Hall–Kier alpha value is -3.72. The van der Waals surface area contributed by atoms with Crippen LogP contribution in [0, 0.1) is 5.82 Å². The molecule has 19 heteroatoms. The Balaban J connectivity index is 2.17. The highest BCUT2D eigenvalue weighted by molar-refractivity contribution is 6.58. The van der Waals surface area contributed by atoms with Gasteiger partial charge in [0.05, 0.1) is 15.6 Å². The summed E-state index contributed by atoms with van der Waals surface area (Å²) in [4.78, 5) is 28.3. The topological polar surface area (TPSA) is 113 Å².